The van der Waals surface area contributed by atoms with Crippen LogP contribution in [0.1, 0.15) is 25.3 Å². The van der Waals surface area contributed by atoms with E-state index in [0.29, 0.717) is 32.4 Å². The number of hydrogen-bond donors (Lipinski definition) is 2. The van der Waals surface area contributed by atoms with Gasteiger partial charge < -0.3 is 15.2 Å². The molecule has 1 aromatic carbocycles. The molecule has 0 heterocycles. The third kappa shape index (κ3) is 5.70. The summed E-state index contributed by atoms with van der Waals surface area (Å²) in [5.74, 6) is -0.232. The minimum absolute atomic E-state index is 0.0114. The molecule has 2 N–H and O–H groups in total. The molecule has 0 spiro atoms. The number of halogens is 1. The zero-order valence-corrected chi connectivity index (χ0v) is 11.1. The summed E-state index contributed by atoms with van der Waals surface area (Å²) in [5.41, 5.74) is 0.809. The maximum Gasteiger partial charge on any atom is 0.220 e. The lowest BCUT2D eigenvalue weighted by atomic mass is 10.1. The van der Waals surface area contributed by atoms with Gasteiger partial charge in [0, 0.05) is 19.6 Å². The number of aliphatic hydroxyl groups is 1. The lowest BCUT2D eigenvalue weighted by molar-refractivity contribution is -0.121. The minimum atomic E-state index is -0.383. The molecule has 0 atom stereocenters. The summed E-state index contributed by atoms with van der Waals surface area (Å²) in [7, 11) is 0. The van der Waals surface area contributed by atoms with Crippen LogP contribution in [0, 0.1) is 5.82 Å². The molecule has 4 nitrogen and oxygen atoms in total. The van der Waals surface area contributed by atoms with Crippen molar-refractivity contribution in [3.05, 3.63) is 29.6 Å². The van der Waals surface area contributed by atoms with Gasteiger partial charge in [-0.3, -0.25) is 4.79 Å². The number of ether oxygens (including phenoxy) is 1. The zero-order valence-electron chi connectivity index (χ0n) is 11.1. The van der Waals surface area contributed by atoms with E-state index in [9.17, 15) is 9.18 Å². The number of hydrogen-bond acceptors (Lipinski definition) is 3. The van der Waals surface area contributed by atoms with Crippen molar-refractivity contribution in [3.8, 4) is 5.75 Å². The topological polar surface area (TPSA) is 58.6 Å². The third-order valence-corrected chi connectivity index (χ3v) is 2.59. The Kier molecular flexibility index (Phi) is 6.89. The van der Waals surface area contributed by atoms with E-state index < -0.39 is 0 Å². The quantitative estimate of drug-likeness (QED) is 0.754. The fourth-order valence-electron chi connectivity index (χ4n) is 1.65. The van der Waals surface area contributed by atoms with Crippen molar-refractivity contribution in [2.45, 2.75) is 26.2 Å². The van der Waals surface area contributed by atoms with Crippen molar-refractivity contribution in [1.29, 1.82) is 0 Å². The molecule has 106 valence electrons. The second kappa shape index (κ2) is 8.48. The largest absolute Gasteiger partial charge is 0.491 e. The molecule has 0 saturated carbocycles. The Morgan fingerprint density at radius 2 is 2.26 bits per heavy atom. The standard InChI is InChI=1S/C14H20FNO3/c1-2-19-13-6-5-11(10-12(13)15)7-8-16-14(18)4-3-9-17/h5-6,10,17H,2-4,7-9H2,1H3,(H,16,18). The van der Waals surface area contributed by atoms with Crippen LogP contribution in [0.2, 0.25) is 0 Å². The van der Waals surface area contributed by atoms with Crippen LogP contribution in [0.4, 0.5) is 4.39 Å². The summed E-state index contributed by atoms with van der Waals surface area (Å²) in [4.78, 5) is 11.3. The molecule has 0 aromatic heterocycles. The van der Waals surface area contributed by atoms with E-state index in [1.165, 1.54) is 6.07 Å². The van der Waals surface area contributed by atoms with Gasteiger partial charge in [0.2, 0.25) is 5.91 Å². The Morgan fingerprint density at radius 1 is 1.47 bits per heavy atom. The van der Waals surface area contributed by atoms with Crippen LogP contribution in [0.5, 0.6) is 5.75 Å². The summed E-state index contributed by atoms with van der Waals surface area (Å²) in [5, 5.41) is 11.3. The van der Waals surface area contributed by atoms with E-state index in [0.717, 1.165) is 5.56 Å². The summed E-state index contributed by atoms with van der Waals surface area (Å²) in [6, 6.07) is 4.81. The Hall–Kier alpha value is -1.62. The fourth-order valence-corrected chi connectivity index (χ4v) is 1.65. The van der Waals surface area contributed by atoms with Crippen molar-refractivity contribution in [2.24, 2.45) is 0 Å². The van der Waals surface area contributed by atoms with Crippen molar-refractivity contribution in [1.82, 2.24) is 5.32 Å². The Bertz CT molecular complexity index is 410. The first kappa shape index (κ1) is 15.4. The smallest absolute Gasteiger partial charge is 0.220 e. The molecule has 1 amide bonds. The van der Waals surface area contributed by atoms with Gasteiger partial charge in [0.05, 0.1) is 6.61 Å². The Morgan fingerprint density at radius 3 is 2.89 bits per heavy atom. The minimum Gasteiger partial charge on any atom is -0.491 e. The molecule has 1 rings (SSSR count). The molecule has 0 bridgehead atoms. The third-order valence-electron chi connectivity index (χ3n) is 2.59. The highest BCUT2D eigenvalue weighted by Crippen LogP contribution is 2.18. The number of aliphatic hydroxyl groups excluding tert-OH is 1. The van der Waals surface area contributed by atoms with Gasteiger partial charge in [-0.15, -0.1) is 0 Å². The van der Waals surface area contributed by atoms with Crippen LogP contribution < -0.4 is 10.1 Å². The van der Waals surface area contributed by atoms with E-state index in [1.807, 2.05) is 0 Å². The first-order valence-electron chi connectivity index (χ1n) is 6.46. The molecule has 0 aliphatic carbocycles. The van der Waals surface area contributed by atoms with Crippen molar-refractivity contribution in [3.63, 3.8) is 0 Å². The molecule has 0 aliphatic heterocycles. The van der Waals surface area contributed by atoms with Crippen LogP contribution in [0.25, 0.3) is 0 Å². The van der Waals surface area contributed by atoms with Crippen LogP contribution in [-0.4, -0.2) is 30.8 Å². The Labute approximate surface area is 112 Å². The van der Waals surface area contributed by atoms with Crippen LogP contribution >= 0.6 is 0 Å². The summed E-state index contributed by atoms with van der Waals surface area (Å²) < 4.78 is 18.7. The highest BCUT2D eigenvalue weighted by molar-refractivity contribution is 5.75. The molecular weight excluding hydrogens is 249 g/mol. The summed E-state index contributed by atoms with van der Waals surface area (Å²) >= 11 is 0. The Balaban J connectivity index is 2.37. The SMILES string of the molecule is CCOc1ccc(CCNC(=O)CCCO)cc1F. The van der Waals surface area contributed by atoms with Gasteiger partial charge >= 0.3 is 0 Å². The first-order valence-corrected chi connectivity index (χ1v) is 6.46. The van der Waals surface area contributed by atoms with Gasteiger partial charge in [0.25, 0.3) is 0 Å². The molecule has 0 saturated heterocycles. The van der Waals surface area contributed by atoms with E-state index in [2.05, 4.69) is 5.32 Å². The normalized spacial score (nSPS) is 10.3. The van der Waals surface area contributed by atoms with Gasteiger partial charge in [-0.1, -0.05) is 6.07 Å². The van der Waals surface area contributed by atoms with Crippen LogP contribution in [-0.2, 0) is 11.2 Å². The lowest BCUT2D eigenvalue weighted by Crippen LogP contribution is -2.25. The van der Waals surface area contributed by atoms with E-state index >= 15 is 0 Å². The van der Waals surface area contributed by atoms with Crippen molar-refractivity contribution < 1.29 is 19.0 Å². The molecule has 0 aliphatic rings. The maximum atomic E-state index is 13.5. The zero-order chi connectivity index (χ0) is 14.1. The maximum absolute atomic E-state index is 13.5. The molecule has 0 fully saturated rings. The van der Waals surface area contributed by atoms with Gasteiger partial charge in [0.15, 0.2) is 11.6 Å². The van der Waals surface area contributed by atoms with Crippen molar-refractivity contribution >= 4 is 5.91 Å². The van der Waals surface area contributed by atoms with Crippen LogP contribution in [0.15, 0.2) is 18.2 Å². The highest BCUT2D eigenvalue weighted by atomic mass is 19.1. The van der Waals surface area contributed by atoms with Crippen LogP contribution in [0.3, 0.4) is 0 Å². The average molecular weight is 269 g/mol. The second-order valence-corrected chi connectivity index (χ2v) is 4.12. The predicted molar refractivity (Wildman–Crippen MR) is 70.6 cm³/mol. The van der Waals surface area contributed by atoms with Gasteiger partial charge in [0.1, 0.15) is 0 Å². The lowest BCUT2D eigenvalue weighted by Gasteiger charge is -2.08. The summed E-state index contributed by atoms with van der Waals surface area (Å²) in [6.07, 6.45) is 1.34. The van der Waals surface area contributed by atoms with Gasteiger partial charge in [-0.25, -0.2) is 4.39 Å². The number of carbonyl (C=O) groups is 1. The van der Waals surface area contributed by atoms with E-state index in [1.54, 1.807) is 19.1 Å². The predicted octanol–water partition coefficient (Wildman–Crippen LogP) is 1.66. The number of carbonyl (C=O) groups excluding carboxylic acids is 1. The average Bonchev–Trinajstić information content (AvgIpc) is 2.39. The van der Waals surface area contributed by atoms with Crippen molar-refractivity contribution in [2.75, 3.05) is 19.8 Å². The number of benzene rings is 1. The van der Waals surface area contributed by atoms with E-state index in [-0.39, 0.29) is 24.1 Å². The number of rotatable bonds is 8. The molecule has 1 aromatic rings. The van der Waals surface area contributed by atoms with Gasteiger partial charge in [-0.05, 0) is 37.5 Å². The number of nitrogens with one attached hydrogen (secondary N) is 1. The number of amides is 1. The summed E-state index contributed by atoms with van der Waals surface area (Å²) in [6.45, 7) is 2.70. The monoisotopic (exact) mass is 269 g/mol. The highest BCUT2D eigenvalue weighted by Gasteiger charge is 2.05. The first-order chi connectivity index (χ1) is 9.17. The second-order valence-electron chi connectivity index (χ2n) is 4.12. The van der Waals surface area contributed by atoms with Gasteiger partial charge in [-0.2, -0.15) is 0 Å². The molecule has 5 heteroatoms. The fraction of sp³-hybridized carbons (Fsp3) is 0.500. The molecule has 0 radical (unpaired) electrons. The molecule has 19 heavy (non-hydrogen) atoms. The molecular formula is C14H20FNO3. The van der Waals surface area contributed by atoms with E-state index in [4.69, 9.17) is 9.84 Å². The molecule has 0 unspecified atom stereocenters.